The van der Waals surface area contributed by atoms with E-state index in [1.807, 2.05) is 0 Å². The van der Waals surface area contributed by atoms with E-state index >= 15 is 0 Å². The summed E-state index contributed by atoms with van der Waals surface area (Å²) in [4.78, 5) is 35.2. The maximum Gasteiger partial charge on any atom is 0.329 e. The molecular formula is C11H19N3O5. The van der Waals surface area contributed by atoms with E-state index < -0.39 is 18.1 Å². The molecule has 0 radical (unpaired) electrons. The van der Waals surface area contributed by atoms with E-state index in [2.05, 4.69) is 10.6 Å². The van der Waals surface area contributed by atoms with Crippen LogP contribution in [-0.4, -0.2) is 66.3 Å². The van der Waals surface area contributed by atoms with E-state index in [1.165, 1.54) is 4.90 Å². The molecule has 0 unspecified atom stereocenters. The van der Waals surface area contributed by atoms with Gasteiger partial charge >= 0.3 is 12.0 Å². The third-order valence-corrected chi connectivity index (χ3v) is 2.84. The van der Waals surface area contributed by atoms with Crippen molar-refractivity contribution in [2.45, 2.75) is 19.4 Å². The maximum atomic E-state index is 11.9. The Bertz CT molecular complexity index is 369. The Morgan fingerprint density at radius 3 is 2.84 bits per heavy atom. The predicted molar refractivity (Wildman–Crippen MR) is 65.6 cm³/mol. The zero-order chi connectivity index (χ0) is 14.5. The highest BCUT2D eigenvalue weighted by atomic mass is 16.5. The molecule has 0 saturated carbocycles. The number of carboxylic acids is 1. The van der Waals surface area contributed by atoms with Gasteiger partial charge in [0, 0.05) is 19.6 Å². The van der Waals surface area contributed by atoms with Crippen LogP contribution in [0.5, 0.6) is 0 Å². The van der Waals surface area contributed by atoms with Gasteiger partial charge in [0.1, 0.15) is 12.1 Å². The summed E-state index contributed by atoms with van der Waals surface area (Å²) >= 11 is 0. The van der Waals surface area contributed by atoms with Crippen molar-refractivity contribution < 1.29 is 24.2 Å². The number of hydrogen-bond acceptors (Lipinski definition) is 4. The first-order chi connectivity index (χ1) is 8.85. The molecule has 108 valence electrons. The van der Waals surface area contributed by atoms with Crippen molar-refractivity contribution in [3.8, 4) is 0 Å². The van der Waals surface area contributed by atoms with Crippen molar-refractivity contribution in [3.63, 3.8) is 0 Å². The normalized spacial score (nSPS) is 17.8. The molecule has 0 aliphatic carbocycles. The van der Waals surface area contributed by atoms with Crippen molar-refractivity contribution in [1.29, 1.82) is 0 Å². The molecule has 1 fully saturated rings. The first-order valence-electron chi connectivity index (χ1n) is 5.99. The Morgan fingerprint density at radius 2 is 2.21 bits per heavy atom. The average molecular weight is 273 g/mol. The number of rotatable bonds is 5. The highest BCUT2D eigenvalue weighted by Gasteiger charge is 2.40. The summed E-state index contributed by atoms with van der Waals surface area (Å²) < 4.78 is 4.79. The second kappa shape index (κ2) is 6.37. The van der Waals surface area contributed by atoms with Gasteiger partial charge in [-0.3, -0.25) is 4.79 Å². The summed E-state index contributed by atoms with van der Waals surface area (Å²) in [6, 6.07) is -0.362. The van der Waals surface area contributed by atoms with Crippen LogP contribution < -0.4 is 10.6 Å². The first-order valence-corrected chi connectivity index (χ1v) is 5.99. The predicted octanol–water partition coefficient (Wildman–Crippen LogP) is -0.992. The zero-order valence-corrected chi connectivity index (χ0v) is 11.1. The zero-order valence-electron chi connectivity index (χ0n) is 11.1. The van der Waals surface area contributed by atoms with Gasteiger partial charge in [-0.25, -0.2) is 9.59 Å². The monoisotopic (exact) mass is 273 g/mol. The van der Waals surface area contributed by atoms with Crippen LogP contribution in [0.1, 0.15) is 13.8 Å². The molecule has 0 aromatic rings. The van der Waals surface area contributed by atoms with Gasteiger partial charge in [0.2, 0.25) is 5.91 Å². The lowest BCUT2D eigenvalue weighted by Crippen LogP contribution is -2.65. The molecule has 0 spiro atoms. The summed E-state index contributed by atoms with van der Waals surface area (Å²) in [6.45, 7) is 4.10. The molecule has 1 rings (SSSR count). The van der Waals surface area contributed by atoms with Crippen molar-refractivity contribution in [1.82, 2.24) is 15.5 Å². The van der Waals surface area contributed by atoms with Crippen LogP contribution in [0.3, 0.4) is 0 Å². The van der Waals surface area contributed by atoms with Crippen molar-refractivity contribution in [3.05, 3.63) is 0 Å². The molecule has 8 heteroatoms. The molecule has 0 atom stereocenters. The molecule has 1 saturated heterocycles. The van der Waals surface area contributed by atoms with Crippen LogP contribution in [0.4, 0.5) is 4.79 Å². The molecule has 3 N–H and O–H groups in total. The SMILES string of the molecule is CC1(C)C(=O)NCCN1C(=O)NCCOCC(=O)O. The Labute approximate surface area is 111 Å². The Morgan fingerprint density at radius 1 is 1.53 bits per heavy atom. The van der Waals surface area contributed by atoms with Gasteiger partial charge in [0.25, 0.3) is 0 Å². The number of carboxylic acid groups (broad SMARTS) is 1. The number of nitrogens with one attached hydrogen (secondary N) is 2. The molecule has 19 heavy (non-hydrogen) atoms. The van der Waals surface area contributed by atoms with Gasteiger partial charge in [0.15, 0.2) is 0 Å². The fourth-order valence-corrected chi connectivity index (χ4v) is 1.74. The van der Waals surface area contributed by atoms with Crippen LogP contribution in [-0.2, 0) is 14.3 Å². The average Bonchev–Trinajstić information content (AvgIpc) is 2.31. The second-order valence-corrected chi connectivity index (χ2v) is 4.64. The Balaban J connectivity index is 2.36. The third-order valence-electron chi connectivity index (χ3n) is 2.84. The number of piperazine rings is 1. The summed E-state index contributed by atoms with van der Waals surface area (Å²) in [7, 11) is 0. The highest BCUT2D eigenvalue weighted by Crippen LogP contribution is 2.17. The molecule has 8 nitrogen and oxygen atoms in total. The molecule has 0 bridgehead atoms. The molecule has 1 aliphatic rings. The first kappa shape index (κ1) is 15.2. The van der Waals surface area contributed by atoms with E-state index in [0.717, 1.165) is 0 Å². The summed E-state index contributed by atoms with van der Waals surface area (Å²) in [5, 5.41) is 13.6. The number of aliphatic carboxylic acids is 1. The topological polar surface area (TPSA) is 108 Å². The Kier molecular flexibility index (Phi) is 5.11. The van der Waals surface area contributed by atoms with Crippen LogP contribution in [0.15, 0.2) is 0 Å². The quantitative estimate of drug-likeness (QED) is 0.557. The minimum absolute atomic E-state index is 0.110. The standard InChI is InChI=1S/C11H19N3O5/c1-11(2)9(17)12-3-5-14(11)10(18)13-4-6-19-7-8(15)16/h3-7H2,1-2H3,(H,12,17)(H,13,18)(H,15,16). The lowest BCUT2D eigenvalue weighted by molar-refractivity contribution is -0.142. The molecule has 0 aromatic carbocycles. The van der Waals surface area contributed by atoms with Crippen LogP contribution in [0.25, 0.3) is 0 Å². The number of nitrogens with zero attached hydrogens (tertiary/aromatic N) is 1. The number of urea groups is 1. The fraction of sp³-hybridized carbons (Fsp3) is 0.727. The van der Waals surface area contributed by atoms with Gasteiger partial charge in [-0.1, -0.05) is 0 Å². The minimum Gasteiger partial charge on any atom is -0.480 e. The van der Waals surface area contributed by atoms with E-state index in [0.29, 0.717) is 13.1 Å². The minimum atomic E-state index is -1.06. The largest absolute Gasteiger partial charge is 0.480 e. The lowest BCUT2D eigenvalue weighted by atomic mass is 10.00. The molecule has 0 aromatic heterocycles. The van der Waals surface area contributed by atoms with Crippen molar-refractivity contribution in [2.75, 3.05) is 32.8 Å². The number of amides is 3. The highest BCUT2D eigenvalue weighted by molar-refractivity contribution is 5.91. The number of carbonyl (C=O) groups is 3. The van der Waals surface area contributed by atoms with Crippen LogP contribution in [0.2, 0.25) is 0 Å². The van der Waals surface area contributed by atoms with Crippen molar-refractivity contribution >= 4 is 17.9 Å². The van der Waals surface area contributed by atoms with Gasteiger partial charge < -0.3 is 25.4 Å². The van der Waals surface area contributed by atoms with E-state index in [9.17, 15) is 14.4 Å². The van der Waals surface area contributed by atoms with E-state index in [4.69, 9.17) is 9.84 Å². The molecule has 1 aliphatic heterocycles. The molecule has 1 heterocycles. The summed E-state index contributed by atoms with van der Waals surface area (Å²) in [6.07, 6.45) is 0. The van der Waals surface area contributed by atoms with Gasteiger partial charge in [-0.05, 0) is 13.8 Å². The molecule has 3 amide bonds. The number of ether oxygens (including phenoxy) is 1. The summed E-state index contributed by atoms with van der Waals surface area (Å²) in [5.74, 6) is -1.25. The van der Waals surface area contributed by atoms with Gasteiger partial charge in [-0.2, -0.15) is 0 Å². The van der Waals surface area contributed by atoms with Crippen LogP contribution in [0, 0.1) is 0 Å². The fourth-order valence-electron chi connectivity index (χ4n) is 1.74. The lowest BCUT2D eigenvalue weighted by Gasteiger charge is -2.40. The second-order valence-electron chi connectivity index (χ2n) is 4.64. The summed E-state index contributed by atoms with van der Waals surface area (Å²) in [5.41, 5.74) is -0.899. The van der Waals surface area contributed by atoms with Crippen LogP contribution >= 0.6 is 0 Å². The van der Waals surface area contributed by atoms with Gasteiger partial charge in [0.05, 0.1) is 6.61 Å². The van der Waals surface area contributed by atoms with E-state index in [1.54, 1.807) is 13.8 Å². The molecular weight excluding hydrogens is 254 g/mol. The third kappa shape index (κ3) is 4.09. The smallest absolute Gasteiger partial charge is 0.329 e. The Hall–Kier alpha value is -1.83. The van der Waals surface area contributed by atoms with E-state index in [-0.39, 0.29) is 25.1 Å². The van der Waals surface area contributed by atoms with Gasteiger partial charge in [-0.15, -0.1) is 0 Å². The van der Waals surface area contributed by atoms with Crippen molar-refractivity contribution in [2.24, 2.45) is 0 Å². The maximum absolute atomic E-state index is 11.9. The number of carbonyl (C=O) groups excluding carboxylic acids is 2. The number of hydrogen-bond donors (Lipinski definition) is 3.